The summed E-state index contributed by atoms with van der Waals surface area (Å²) in [4.78, 5) is 28.7. The largest absolute Gasteiger partial charge is 0.497 e. The molecule has 8 heteroatoms. The number of methoxy groups -OCH3 is 1. The molecule has 1 aromatic carbocycles. The molecule has 3 aromatic rings. The minimum absolute atomic E-state index is 0.107. The van der Waals surface area contributed by atoms with Gasteiger partial charge in [0.25, 0.3) is 0 Å². The van der Waals surface area contributed by atoms with Crippen molar-refractivity contribution in [1.82, 2.24) is 20.3 Å². The molecular weight excluding hydrogens is 440 g/mol. The standard InChI is InChI=1S/C27H32N6O2/c1-28-26(34)19-6-4-10-27(16-19)11-13-33(18-27)24-15-23(30-21-8-3-9-22(14-21)35-2)31-25(32-24)20-7-5-12-29-17-20/h3,5,7-9,12,14-15,17,19H,4,6,10-11,13,16,18H2,1-2H3,(H,28,34)(H,30,31,32). The Morgan fingerprint density at radius 1 is 1.17 bits per heavy atom. The van der Waals surface area contributed by atoms with E-state index in [1.807, 2.05) is 42.5 Å². The number of aromatic nitrogens is 3. The first-order chi connectivity index (χ1) is 17.1. The minimum atomic E-state index is 0.107. The Morgan fingerprint density at radius 3 is 2.89 bits per heavy atom. The van der Waals surface area contributed by atoms with E-state index in [-0.39, 0.29) is 17.2 Å². The molecule has 2 unspecified atom stereocenters. The van der Waals surface area contributed by atoms with E-state index in [4.69, 9.17) is 14.7 Å². The van der Waals surface area contributed by atoms with Gasteiger partial charge in [-0.3, -0.25) is 9.78 Å². The van der Waals surface area contributed by atoms with E-state index in [9.17, 15) is 4.79 Å². The molecule has 1 amide bonds. The van der Waals surface area contributed by atoms with Crippen LogP contribution in [0.1, 0.15) is 32.1 Å². The lowest BCUT2D eigenvalue weighted by Gasteiger charge is -2.37. The number of hydrogen-bond acceptors (Lipinski definition) is 7. The Morgan fingerprint density at radius 2 is 2.09 bits per heavy atom. The molecule has 2 aliphatic rings. The molecule has 0 bridgehead atoms. The Labute approximate surface area is 206 Å². The van der Waals surface area contributed by atoms with Gasteiger partial charge in [0, 0.05) is 61.8 Å². The van der Waals surface area contributed by atoms with Crippen molar-refractivity contribution in [3.63, 3.8) is 0 Å². The third kappa shape index (κ3) is 5.06. The van der Waals surface area contributed by atoms with Gasteiger partial charge in [-0.25, -0.2) is 9.97 Å². The zero-order valence-electron chi connectivity index (χ0n) is 20.3. The van der Waals surface area contributed by atoms with E-state index in [1.54, 1.807) is 26.6 Å². The predicted molar refractivity (Wildman–Crippen MR) is 137 cm³/mol. The first-order valence-electron chi connectivity index (χ1n) is 12.2. The highest BCUT2D eigenvalue weighted by Crippen LogP contribution is 2.47. The number of rotatable bonds is 6. The number of anilines is 3. The average Bonchev–Trinajstić information content (AvgIpc) is 3.31. The van der Waals surface area contributed by atoms with E-state index >= 15 is 0 Å². The van der Waals surface area contributed by atoms with Crippen molar-refractivity contribution in [2.75, 3.05) is 37.5 Å². The fourth-order valence-corrected chi connectivity index (χ4v) is 5.51. The van der Waals surface area contributed by atoms with Gasteiger partial charge in [-0.15, -0.1) is 0 Å². The van der Waals surface area contributed by atoms with Gasteiger partial charge >= 0.3 is 0 Å². The van der Waals surface area contributed by atoms with E-state index in [0.717, 1.165) is 73.8 Å². The van der Waals surface area contributed by atoms with Gasteiger partial charge in [0.05, 0.1) is 7.11 Å². The van der Waals surface area contributed by atoms with Crippen LogP contribution in [-0.4, -0.2) is 48.1 Å². The van der Waals surface area contributed by atoms with Crippen LogP contribution in [0.25, 0.3) is 11.4 Å². The fraction of sp³-hybridized carbons (Fsp3) is 0.407. The first-order valence-corrected chi connectivity index (χ1v) is 12.2. The topological polar surface area (TPSA) is 92.3 Å². The molecule has 1 spiro atoms. The number of carbonyl (C=O) groups excluding carboxylic acids is 1. The number of nitrogens with zero attached hydrogens (tertiary/aromatic N) is 4. The molecular formula is C27H32N6O2. The van der Waals surface area contributed by atoms with Crippen molar-refractivity contribution in [3.05, 3.63) is 54.9 Å². The Balaban J connectivity index is 1.44. The summed E-state index contributed by atoms with van der Waals surface area (Å²) in [5, 5.41) is 6.27. The molecule has 1 aliphatic carbocycles. The van der Waals surface area contributed by atoms with E-state index in [0.29, 0.717) is 5.82 Å². The molecule has 2 N–H and O–H groups in total. The van der Waals surface area contributed by atoms with Crippen LogP contribution >= 0.6 is 0 Å². The Hall–Kier alpha value is -3.68. The van der Waals surface area contributed by atoms with Crippen molar-refractivity contribution < 1.29 is 9.53 Å². The SMILES string of the molecule is CNC(=O)C1CCCC2(CCN(c3cc(Nc4cccc(OC)c4)nc(-c4cccnc4)n3)C2)C1. The molecule has 5 rings (SSSR count). The van der Waals surface area contributed by atoms with Gasteiger partial charge in [0.1, 0.15) is 17.4 Å². The number of pyridine rings is 1. The lowest BCUT2D eigenvalue weighted by atomic mass is 9.69. The molecule has 182 valence electrons. The number of benzene rings is 1. The molecule has 2 atom stereocenters. The average molecular weight is 473 g/mol. The summed E-state index contributed by atoms with van der Waals surface area (Å²) in [7, 11) is 3.40. The van der Waals surface area contributed by atoms with Gasteiger partial charge in [-0.2, -0.15) is 0 Å². The second kappa shape index (κ2) is 9.90. The van der Waals surface area contributed by atoms with Gasteiger partial charge in [-0.1, -0.05) is 12.5 Å². The van der Waals surface area contributed by atoms with E-state index < -0.39 is 0 Å². The van der Waals surface area contributed by atoms with Crippen LogP contribution in [0.4, 0.5) is 17.3 Å². The van der Waals surface area contributed by atoms with Crippen molar-refractivity contribution in [2.24, 2.45) is 11.3 Å². The summed E-state index contributed by atoms with van der Waals surface area (Å²) in [5.74, 6) is 3.30. The summed E-state index contributed by atoms with van der Waals surface area (Å²) < 4.78 is 5.37. The molecule has 1 saturated heterocycles. The highest BCUT2D eigenvalue weighted by atomic mass is 16.5. The smallest absolute Gasteiger partial charge is 0.222 e. The Bertz CT molecular complexity index is 1190. The third-order valence-corrected chi connectivity index (χ3v) is 7.29. The quantitative estimate of drug-likeness (QED) is 0.548. The number of nitrogens with one attached hydrogen (secondary N) is 2. The van der Waals surface area contributed by atoms with Crippen molar-refractivity contribution in [1.29, 1.82) is 0 Å². The normalized spacial score (nSPS) is 21.7. The van der Waals surface area contributed by atoms with E-state index in [1.165, 1.54) is 0 Å². The molecule has 1 saturated carbocycles. The summed E-state index contributed by atoms with van der Waals surface area (Å²) in [6.07, 6.45) is 8.79. The predicted octanol–water partition coefficient (Wildman–Crippen LogP) is 4.42. The highest BCUT2D eigenvalue weighted by Gasteiger charge is 2.43. The lowest BCUT2D eigenvalue weighted by Crippen LogP contribution is -2.38. The van der Waals surface area contributed by atoms with Crippen LogP contribution in [0.2, 0.25) is 0 Å². The third-order valence-electron chi connectivity index (χ3n) is 7.29. The maximum atomic E-state index is 12.4. The van der Waals surface area contributed by atoms with Crippen LogP contribution in [0.3, 0.4) is 0 Å². The minimum Gasteiger partial charge on any atom is -0.497 e. The maximum Gasteiger partial charge on any atom is 0.222 e. The second-order valence-electron chi connectivity index (χ2n) is 9.61. The van der Waals surface area contributed by atoms with Crippen LogP contribution in [0.15, 0.2) is 54.9 Å². The number of hydrogen-bond donors (Lipinski definition) is 2. The maximum absolute atomic E-state index is 12.4. The van der Waals surface area contributed by atoms with Crippen LogP contribution in [-0.2, 0) is 4.79 Å². The van der Waals surface area contributed by atoms with Crippen molar-refractivity contribution >= 4 is 23.2 Å². The molecule has 2 fully saturated rings. The van der Waals surface area contributed by atoms with Gasteiger partial charge < -0.3 is 20.3 Å². The van der Waals surface area contributed by atoms with Gasteiger partial charge in [0.2, 0.25) is 5.91 Å². The fourth-order valence-electron chi connectivity index (χ4n) is 5.51. The first kappa shape index (κ1) is 23.1. The summed E-state index contributed by atoms with van der Waals surface area (Å²) in [5.41, 5.74) is 1.92. The Kier molecular flexibility index (Phi) is 6.53. The van der Waals surface area contributed by atoms with E-state index in [2.05, 4.69) is 20.5 Å². The number of carbonyl (C=O) groups is 1. The molecule has 0 radical (unpaired) electrons. The molecule has 2 aromatic heterocycles. The zero-order valence-corrected chi connectivity index (χ0v) is 20.3. The molecule has 1 aliphatic heterocycles. The highest BCUT2D eigenvalue weighted by molar-refractivity contribution is 5.78. The monoisotopic (exact) mass is 472 g/mol. The summed E-state index contributed by atoms with van der Waals surface area (Å²) in [6, 6.07) is 13.7. The summed E-state index contributed by atoms with van der Waals surface area (Å²) in [6.45, 7) is 1.82. The van der Waals surface area contributed by atoms with Crippen molar-refractivity contribution in [2.45, 2.75) is 32.1 Å². The number of amides is 1. The molecule has 3 heterocycles. The van der Waals surface area contributed by atoms with Crippen molar-refractivity contribution in [3.8, 4) is 17.1 Å². The van der Waals surface area contributed by atoms with Gasteiger partial charge in [0.15, 0.2) is 5.82 Å². The van der Waals surface area contributed by atoms with Crippen LogP contribution < -0.4 is 20.3 Å². The molecule has 35 heavy (non-hydrogen) atoms. The number of ether oxygens (including phenoxy) is 1. The summed E-state index contributed by atoms with van der Waals surface area (Å²) >= 11 is 0. The van der Waals surface area contributed by atoms with Crippen LogP contribution in [0, 0.1) is 11.3 Å². The zero-order chi connectivity index (χ0) is 24.3. The van der Waals surface area contributed by atoms with Gasteiger partial charge in [-0.05, 0) is 55.4 Å². The second-order valence-corrected chi connectivity index (χ2v) is 9.61. The lowest BCUT2D eigenvalue weighted by molar-refractivity contribution is -0.126. The van der Waals surface area contributed by atoms with Crippen LogP contribution in [0.5, 0.6) is 5.75 Å². The molecule has 8 nitrogen and oxygen atoms in total.